The highest BCUT2D eigenvalue weighted by Crippen LogP contribution is 2.32. The minimum Gasteiger partial charge on any atom is -0.406 e. The van der Waals surface area contributed by atoms with Crippen molar-refractivity contribution in [2.24, 2.45) is 4.99 Å². The molecule has 0 saturated carbocycles. The third kappa shape index (κ3) is 6.84. The number of halogens is 3. The Balaban J connectivity index is 1.26. The predicted octanol–water partition coefficient (Wildman–Crippen LogP) is 7.20. The number of amides is 1. The summed E-state index contributed by atoms with van der Waals surface area (Å²) in [6.45, 7) is 6.98. The number of nitrogens with zero attached hydrogens (tertiary/aromatic N) is 5. The number of anilines is 1. The first-order valence-corrected chi connectivity index (χ1v) is 14.5. The number of carbonyl (C=O) groups excluding carboxylic acids is 1. The van der Waals surface area contributed by atoms with Gasteiger partial charge < -0.3 is 9.64 Å². The zero-order chi connectivity index (χ0) is 29.9. The number of alkyl halides is 3. The number of aliphatic imine (C=N–C) groups is 1. The van der Waals surface area contributed by atoms with Crippen molar-refractivity contribution < 1.29 is 22.7 Å². The van der Waals surface area contributed by atoms with Gasteiger partial charge in [-0.3, -0.25) is 4.79 Å². The second-order valence-electron chi connectivity index (χ2n) is 10.5. The molecule has 1 amide bonds. The summed E-state index contributed by atoms with van der Waals surface area (Å²) < 4.78 is 42.7. The number of rotatable bonds is 8. The molecule has 1 aliphatic rings. The molecule has 0 aliphatic carbocycles. The smallest absolute Gasteiger partial charge is 0.406 e. The fraction of sp³-hybridized carbons (Fsp3) is 0.290. The molecule has 5 rings (SSSR count). The van der Waals surface area contributed by atoms with Gasteiger partial charge in [-0.15, -0.1) is 18.3 Å². The maximum Gasteiger partial charge on any atom is 0.573 e. The van der Waals surface area contributed by atoms with Crippen LogP contribution in [0.25, 0.3) is 17.1 Å². The molecule has 0 unspecified atom stereocenters. The number of ether oxygens (including phenoxy) is 1. The number of hydrogen-bond donors (Lipinski definition) is 0. The lowest BCUT2D eigenvalue weighted by Gasteiger charge is -2.24. The minimum absolute atomic E-state index is 0.167. The lowest BCUT2D eigenvalue weighted by Crippen LogP contribution is -2.27. The first-order chi connectivity index (χ1) is 20.0. The lowest BCUT2D eigenvalue weighted by atomic mass is 9.81. The molecule has 0 N–H and O–H groups in total. The Kier molecular flexibility index (Phi) is 8.40. The van der Waals surface area contributed by atoms with Crippen molar-refractivity contribution in [1.82, 2.24) is 14.8 Å². The van der Waals surface area contributed by atoms with Gasteiger partial charge in [0.25, 0.3) is 0 Å². The summed E-state index contributed by atoms with van der Waals surface area (Å²) in [4.78, 5) is 24.1. The van der Waals surface area contributed by atoms with Crippen LogP contribution in [0.4, 0.5) is 18.9 Å². The summed E-state index contributed by atoms with van der Waals surface area (Å²) >= 11 is 1.61. The van der Waals surface area contributed by atoms with E-state index in [9.17, 15) is 18.0 Å². The number of amidine groups is 1. The van der Waals surface area contributed by atoms with Crippen LogP contribution in [-0.2, 0) is 16.6 Å². The number of aryl methyl sites for hydroxylation is 1. The third-order valence-electron chi connectivity index (χ3n) is 7.01. The van der Waals surface area contributed by atoms with Gasteiger partial charge in [-0.2, -0.15) is 4.99 Å². The van der Waals surface area contributed by atoms with Gasteiger partial charge in [0.05, 0.1) is 5.69 Å². The zero-order valence-corrected chi connectivity index (χ0v) is 24.2. The van der Waals surface area contributed by atoms with Crippen LogP contribution in [0.15, 0.2) is 84.1 Å². The SMILES string of the molecule is CCc1ccccc1N1CCSC1=NC(=O)CC(C)(C)c1ccc(-c2ncn(-c3ccc(OC(F)(F)F)cc3)n2)cc1. The van der Waals surface area contributed by atoms with E-state index in [4.69, 9.17) is 0 Å². The van der Waals surface area contributed by atoms with E-state index in [-0.39, 0.29) is 18.1 Å². The van der Waals surface area contributed by atoms with E-state index in [1.54, 1.807) is 11.8 Å². The molecule has 7 nitrogen and oxygen atoms in total. The fourth-order valence-corrected chi connectivity index (χ4v) is 5.78. The molecule has 1 fully saturated rings. The van der Waals surface area contributed by atoms with Gasteiger partial charge in [0.2, 0.25) is 5.91 Å². The largest absolute Gasteiger partial charge is 0.573 e. The number of para-hydroxylation sites is 1. The maximum absolute atomic E-state index is 13.1. The molecule has 0 atom stereocenters. The van der Waals surface area contributed by atoms with Gasteiger partial charge in [0, 0.05) is 30.0 Å². The topological polar surface area (TPSA) is 72.6 Å². The molecule has 0 radical (unpaired) electrons. The Morgan fingerprint density at radius 3 is 2.43 bits per heavy atom. The Morgan fingerprint density at radius 1 is 1.02 bits per heavy atom. The fourth-order valence-electron chi connectivity index (χ4n) is 4.81. The predicted molar refractivity (Wildman–Crippen MR) is 159 cm³/mol. The minimum atomic E-state index is -4.75. The second kappa shape index (κ2) is 12.0. The standard InChI is InChI=1S/C31H30F3N5O2S/c1-4-21-7-5-6-8-26(21)38-17-18-42-29(38)36-27(40)19-30(2,3)23-11-9-22(10-12-23)28-35-20-39(37-28)24-13-15-25(16-14-24)41-31(32,33)34/h5-16,20H,4,17-19H2,1-3H3. The van der Waals surface area contributed by atoms with Gasteiger partial charge in [0.15, 0.2) is 11.0 Å². The molecule has 4 aromatic rings. The van der Waals surface area contributed by atoms with Gasteiger partial charge in [0.1, 0.15) is 12.1 Å². The summed E-state index contributed by atoms with van der Waals surface area (Å²) in [6, 6.07) is 21.3. The van der Waals surface area contributed by atoms with E-state index in [2.05, 4.69) is 43.8 Å². The Morgan fingerprint density at radius 2 is 1.74 bits per heavy atom. The van der Waals surface area contributed by atoms with Crippen LogP contribution in [0.3, 0.4) is 0 Å². The Bertz CT molecular complexity index is 1580. The van der Waals surface area contributed by atoms with E-state index in [1.807, 2.05) is 50.2 Å². The van der Waals surface area contributed by atoms with Crippen LogP contribution in [0, 0.1) is 0 Å². The molecule has 1 saturated heterocycles. The van der Waals surface area contributed by atoms with Gasteiger partial charge in [-0.25, -0.2) is 9.67 Å². The van der Waals surface area contributed by atoms with Crippen LogP contribution in [-0.4, -0.2) is 44.5 Å². The second-order valence-corrected chi connectivity index (χ2v) is 11.5. The quantitative estimate of drug-likeness (QED) is 0.215. The average molecular weight is 594 g/mol. The van der Waals surface area contributed by atoms with E-state index < -0.39 is 11.8 Å². The summed E-state index contributed by atoms with van der Waals surface area (Å²) in [7, 11) is 0. The molecule has 218 valence electrons. The highest BCUT2D eigenvalue weighted by molar-refractivity contribution is 8.14. The third-order valence-corrected chi connectivity index (χ3v) is 7.96. The van der Waals surface area contributed by atoms with Crippen molar-refractivity contribution >= 4 is 28.5 Å². The van der Waals surface area contributed by atoms with Crippen molar-refractivity contribution in [3.8, 4) is 22.8 Å². The van der Waals surface area contributed by atoms with Crippen molar-refractivity contribution in [3.05, 3.63) is 90.3 Å². The monoisotopic (exact) mass is 593 g/mol. The number of aromatic nitrogens is 3. The summed E-state index contributed by atoms with van der Waals surface area (Å²) in [5.74, 6) is 0.870. The molecule has 2 heterocycles. The molecule has 11 heteroatoms. The molecular formula is C31H30F3N5O2S. The van der Waals surface area contributed by atoms with Gasteiger partial charge in [-0.05, 0) is 53.3 Å². The highest BCUT2D eigenvalue weighted by Gasteiger charge is 2.31. The number of benzene rings is 3. The van der Waals surface area contributed by atoms with Crippen LogP contribution in [0.2, 0.25) is 0 Å². The lowest BCUT2D eigenvalue weighted by molar-refractivity contribution is -0.274. The van der Waals surface area contributed by atoms with Crippen LogP contribution >= 0.6 is 11.8 Å². The van der Waals surface area contributed by atoms with Crippen LogP contribution < -0.4 is 9.64 Å². The van der Waals surface area contributed by atoms with Crippen LogP contribution in [0.1, 0.15) is 38.3 Å². The molecular weight excluding hydrogens is 563 g/mol. The van der Waals surface area contributed by atoms with Crippen molar-refractivity contribution in [1.29, 1.82) is 0 Å². The van der Waals surface area contributed by atoms with E-state index >= 15 is 0 Å². The Labute approximate surface area is 246 Å². The van der Waals surface area contributed by atoms with Gasteiger partial charge >= 0.3 is 6.36 Å². The highest BCUT2D eigenvalue weighted by atomic mass is 32.2. The molecule has 1 aromatic heterocycles. The van der Waals surface area contributed by atoms with E-state index in [1.165, 1.54) is 40.8 Å². The normalized spacial score (nSPS) is 14.9. The number of hydrogen-bond acceptors (Lipinski definition) is 5. The van der Waals surface area contributed by atoms with E-state index in [0.29, 0.717) is 11.5 Å². The van der Waals surface area contributed by atoms with Crippen LogP contribution in [0.5, 0.6) is 5.75 Å². The summed E-state index contributed by atoms with van der Waals surface area (Å²) in [5.41, 5.74) is 4.17. The number of thioether (sulfide) groups is 1. The molecule has 1 aliphatic heterocycles. The van der Waals surface area contributed by atoms with E-state index in [0.717, 1.165) is 40.7 Å². The maximum atomic E-state index is 13.1. The molecule has 42 heavy (non-hydrogen) atoms. The van der Waals surface area contributed by atoms with Gasteiger partial charge in [-0.1, -0.05) is 75.0 Å². The summed E-state index contributed by atoms with van der Waals surface area (Å²) in [5, 5.41) is 5.21. The first kappa shape index (κ1) is 29.4. The molecule has 3 aromatic carbocycles. The number of carbonyl (C=O) groups is 1. The summed E-state index contributed by atoms with van der Waals surface area (Å²) in [6.07, 6.45) is -2.10. The van der Waals surface area contributed by atoms with Crippen molar-refractivity contribution in [3.63, 3.8) is 0 Å². The first-order valence-electron chi connectivity index (χ1n) is 13.5. The Hall–Kier alpha value is -4.12. The molecule has 0 spiro atoms. The average Bonchev–Trinajstić information content (AvgIpc) is 3.63. The van der Waals surface area contributed by atoms with Crippen molar-refractivity contribution in [2.45, 2.75) is 45.4 Å². The molecule has 0 bridgehead atoms. The van der Waals surface area contributed by atoms with Crippen molar-refractivity contribution in [2.75, 3.05) is 17.2 Å². The zero-order valence-electron chi connectivity index (χ0n) is 23.4.